The van der Waals surface area contributed by atoms with Gasteiger partial charge in [0.15, 0.2) is 0 Å². The van der Waals surface area contributed by atoms with Crippen LogP contribution in [0.25, 0.3) is 0 Å². The number of hydrogen-bond donors (Lipinski definition) is 1. The van der Waals surface area contributed by atoms with Gasteiger partial charge in [0, 0.05) is 6.54 Å². The van der Waals surface area contributed by atoms with Crippen LogP contribution in [0.1, 0.15) is 0 Å². The van der Waals surface area contributed by atoms with Gasteiger partial charge in [-0.25, -0.2) is 0 Å². The molecule has 0 bridgehead atoms. The summed E-state index contributed by atoms with van der Waals surface area (Å²) in [5.41, 5.74) is 6.40. The maximum Gasteiger partial charge on any atom is 0.142 e. The van der Waals surface area contributed by atoms with Crippen molar-refractivity contribution in [1.29, 1.82) is 0 Å². The molecule has 5 nitrogen and oxygen atoms in total. The molecule has 0 fully saturated rings. The Labute approximate surface area is 115 Å². The zero-order chi connectivity index (χ0) is 13.9. The molecule has 0 spiro atoms. The summed E-state index contributed by atoms with van der Waals surface area (Å²) < 4.78 is 16.3. The summed E-state index contributed by atoms with van der Waals surface area (Å²) in [5.74, 6) is 0.702. The fraction of sp³-hybridized carbons (Fsp3) is 0.571. The molecule has 0 aliphatic heterocycles. The molecule has 0 heterocycles. The van der Waals surface area contributed by atoms with Crippen LogP contribution in [-0.4, -0.2) is 58.6 Å². The smallest absolute Gasteiger partial charge is 0.142 e. The maximum absolute atomic E-state index is 5.75. The number of hydrogen-bond acceptors (Lipinski definition) is 5. The first-order valence-electron chi connectivity index (χ1n) is 6.47. The van der Waals surface area contributed by atoms with Gasteiger partial charge in [-0.2, -0.15) is 0 Å². The van der Waals surface area contributed by atoms with Crippen LogP contribution in [0.3, 0.4) is 0 Å². The molecule has 0 saturated carbocycles. The van der Waals surface area contributed by atoms with Gasteiger partial charge in [0.2, 0.25) is 0 Å². The highest BCUT2D eigenvalue weighted by Crippen LogP contribution is 2.19. The molecule has 1 aromatic rings. The average molecular weight is 268 g/mol. The molecule has 19 heavy (non-hydrogen) atoms. The molecule has 0 radical (unpaired) electrons. The summed E-state index contributed by atoms with van der Waals surface area (Å²) in [6, 6.07) is 7.43. The zero-order valence-corrected chi connectivity index (χ0v) is 11.8. The number of para-hydroxylation sites is 2. The van der Waals surface area contributed by atoms with E-state index >= 15 is 0 Å². The monoisotopic (exact) mass is 268 g/mol. The highest BCUT2D eigenvalue weighted by atomic mass is 16.5. The molecule has 1 rings (SSSR count). The molecule has 0 aromatic heterocycles. The van der Waals surface area contributed by atoms with Crippen molar-refractivity contribution in [3.8, 4) is 5.75 Å². The third-order valence-electron chi connectivity index (χ3n) is 2.46. The summed E-state index contributed by atoms with van der Waals surface area (Å²) in [5, 5.41) is 0. The summed E-state index contributed by atoms with van der Waals surface area (Å²) >= 11 is 0. The lowest BCUT2D eigenvalue weighted by molar-refractivity contribution is 0.0325. The average Bonchev–Trinajstić information content (AvgIpc) is 2.38. The number of likely N-dealkylation sites (N-methyl/N-ethyl adjacent to an activating group) is 1. The molecule has 108 valence electrons. The summed E-state index contributed by atoms with van der Waals surface area (Å²) in [4.78, 5) is 2.08. The van der Waals surface area contributed by atoms with Gasteiger partial charge in [0.05, 0.1) is 32.1 Å². The molecular formula is C14H24N2O3. The van der Waals surface area contributed by atoms with Crippen LogP contribution in [0.4, 0.5) is 5.69 Å². The van der Waals surface area contributed by atoms with Crippen LogP contribution < -0.4 is 10.5 Å². The minimum absolute atomic E-state index is 0.492. The number of nitrogens with two attached hydrogens (primary N) is 1. The van der Waals surface area contributed by atoms with Gasteiger partial charge in [0.1, 0.15) is 12.4 Å². The number of nitrogen functional groups attached to an aromatic ring is 1. The second-order valence-electron chi connectivity index (χ2n) is 4.41. The van der Waals surface area contributed by atoms with Crippen molar-refractivity contribution in [1.82, 2.24) is 4.90 Å². The van der Waals surface area contributed by atoms with Gasteiger partial charge in [0.25, 0.3) is 0 Å². The third kappa shape index (κ3) is 7.66. The maximum atomic E-state index is 5.75. The van der Waals surface area contributed by atoms with Crippen molar-refractivity contribution >= 4 is 5.69 Å². The minimum atomic E-state index is 0.492. The molecule has 2 N–H and O–H groups in total. The molecule has 0 amide bonds. The Bertz CT molecular complexity index is 345. The number of benzene rings is 1. The van der Waals surface area contributed by atoms with Crippen molar-refractivity contribution in [2.45, 2.75) is 0 Å². The number of ether oxygens (including phenoxy) is 3. The molecule has 5 heteroatoms. The Balaban J connectivity index is 1.93. The topological polar surface area (TPSA) is 57.0 Å². The van der Waals surface area contributed by atoms with E-state index in [2.05, 4.69) is 4.90 Å². The van der Waals surface area contributed by atoms with E-state index in [9.17, 15) is 0 Å². The highest BCUT2D eigenvalue weighted by molar-refractivity contribution is 5.51. The van der Waals surface area contributed by atoms with E-state index in [1.54, 1.807) is 0 Å². The Morgan fingerprint density at radius 2 is 1.58 bits per heavy atom. The first kappa shape index (κ1) is 15.8. The SMILES string of the molecule is CN(C)CCOCCOCCOc1ccccc1N. The minimum Gasteiger partial charge on any atom is -0.489 e. The van der Waals surface area contributed by atoms with E-state index in [4.69, 9.17) is 19.9 Å². The highest BCUT2D eigenvalue weighted by Gasteiger charge is 1.98. The lowest BCUT2D eigenvalue weighted by Gasteiger charge is -2.11. The predicted octanol–water partition coefficient (Wildman–Crippen LogP) is 1.24. The normalized spacial score (nSPS) is 10.9. The van der Waals surface area contributed by atoms with Crippen LogP contribution in [0.15, 0.2) is 24.3 Å². The first-order valence-corrected chi connectivity index (χ1v) is 6.47. The van der Waals surface area contributed by atoms with Crippen LogP contribution >= 0.6 is 0 Å². The van der Waals surface area contributed by atoms with Crippen molar-refractivity contribution in [3.63, 3.8) is 0 Å². The summed E-state index contributed by atoms with van der Waals surface area (Å²) in [6.45, 7) is 3.88. The van der Waals surface area contributed by atoms with Gasteiger partial charge >= 0.3 is 0 Å². The van der Waals surface area contributed by atoms with E-state index in [1.165, 1.54) is 0 Å². The largest absolute Gasteiger partial charge is 0.489 e. The van der Waals surface area contributed by atoms with Crippen LogP contribution in [0.2, 0.25) is 0 Å². The van der Waals surface area contributed by atoms with Crippen molar-refractivity contribution in [3.05, 3.63) is 24.3 Å². The lowest BCUT2D eigenvalue weighted by Crippen LogP contribution is -2.19. The van der Waals surface area contributed by atoms with E-state index in [0.717, 1.165) is 13.2 Å². The van der Waals surface area contributed by atoms with Gasteiger partial charge in [-0.3, -0.25) is 0 Å². The second-order valence-corrected chi connectivity index (χ2v) is 4.41. The van der Waals surface area contributed by atoms with Crippen molar-refractivity contribution < 1.29 is 14.2 Å². The predicted molar refractivity (Wildman–Crippen MR) is 76.5 cm³/mol. The van der Waals surface area contributed by atoms with Crippen LogP contribution in [0, 0.1) is 0 Å². The lowest BCUT2D eigenvalue weighted by atomic mass is 10.3. The molecule has 1 aromatic carbocycles. The summed E-state index contributed by atoms with van der Waals surface area (Å²) in [7, 11) is 4.04. The molecular weight excluding hydrogens is 244 g/mol. The van der Waals surface area contributed by atoms with Crippen molar-refractivity contribution in [2.75, 3.05) is 59.4 Å². The third-order valence-corrected chi connectivity index (χ3v) is 2.46. The Morgan fingerprint density at radius 3 is 2.26 bits per heavy atom. The van der Waals surface area contributed by atoms with E-state index in [0.29, 0.717) is 37.9 Å². The molecule has 0 atom stereocenters. The fourth-order valence-corrected chi connectivity index (χ4v) is 1.39. The van der Waals surface area contributed by atoms with Gasteiger partial charge in [-0.1, -0.05) is 12.1 Å². The summed E-state index contributed by atoms with van der Waals surface area (Å²) in [6.07, 6.45) is 0. The number of nitrogens with zero attached hydrogens (tertiary/aromatic N) is 1. The Kier molecular flexibility index (Phi) is 7.97. The van der Waals surface area contributed by atoms with Crippen LogP contribution in [0.5, 0.6) is 5.75 Å². The second kappa shape index (κ2) is 9.61. The number of anilines is 1. The van der Waals surface area contributed by atoms with Crippen molar-refractivity contribution in [2.24, 2.45) is 0 Å². The zero-order valence-electron chi connectivity index (χ0n) is 11.8. The van der Waals surface area contributed by atoms with E-state index in [1.807, 2.05) is 38.4 Å². The molecule has 0 aliphatic rings. The molecule has 0 aliphatic carbocycles. The number of rotatable bonds is 10. The molecule has 0 unspecified atom stereocenters. The fourth-order valence-electron chi connectivity index (χ4n) is 1.39. The Hall–Kier alpha value is -1.30. The van der Waals surface area contributed by atoms with Crippen LogP contribution in [-0.2, 0) is 9.47 Å². The van der Waals surface area contributed by atoms with Gasteiger partial charge in [-0.15, -0.1) is 0 Å². The Morgan fingerprint density at radius 1 is 0.947 bits per heavy atom. The van der Waals surface area contributed by atoms with Gasteiger partial charge in [-0.05, 0) is 26.2 Å². The molecule has 0 saturated heterocycles. The van der Waals surface area contributed by atoms with E-state index in [-0.39, 0.29) is 0 Å². The quantitative estimate of drug-likeness (QED) is 0.511. The van der Waals surface area contributed by atoms with Gasteiger partial charge < -0.3 is 24.8 Å². The van der Waals surface area contributed by atoms with E-state index < -0.39 is 0 Å². The standard InChI is InChI=1S/C14H24N2O3/c1-16(2)7-8-17-9-10-18-11-12-19-14-6-4-3-5-13(14)15/h3-6H,7-12,15H2,1-2H3. The first-order chi connectivity index (χ1) is 9.20.